The van der Waals surface area contributed by atoms with Crippen molar-refractivity contribution in [3.05, 3.63) is 58.3 Å². The molecule has 6 heteroatoms. The maximum absolute atomic E-state index is 13.8. The van der Waals surface area contributed by atoms with E-state index in [0.29, 0.717) is 39.0 Å². The average Bonchev–Trinajstić information content (AvgIpc) is 2.74. The summed E-state index contributed by atoms with van der Waals surface area (Å²) < 4.78 is 13.8. The molecule has 0 bridgehead atoms. The molecule has 0 aliphatic carbocycles. The fourth-order valence-electron chi connectivity index (χ4n) is 4.62. The Bertz CT molecular complexity index is 1540. The highest BCUT2D eigenvalue weighted by Gasteiger charge is 2.28. The number of hydrogen-bond acceptors (Lipinski definition) is 4. The number of aromatic nitrogens is 1. The van der Waals surface area contributed by atoms with Gasteiger partial charge in [-0.25, -0.2) is 0 Å². The Balaban J connectivity index is 2.05. The third-order valence-electron chi connectivity index (χ3n) is 5.98. The van der Waals surface area contributed by atoms with Gasteiger partial charge in [0.2, 0.25) is 11.3 Å². The van der Waals surface area contributed by atoms with E-state index in [1.807, 2.05) is 67.9 Å². The lowest BCUT2D eigenvalue weighted by atomic mass is 9.96. The molecule has 1 N–H and O–H groups in total. The first-order valence-corrected chi connectivity index (χ1v) is 10.5. The smallest absolute Gasteiger partial charge is 0.221 e. The molecule has 6 nitrogen and oxygen atoms in total. The van der Waals surface area contributed by atoms with E-state index in [2.05, 4.69) is 5.32 Å². The van der Waals surface area contributed by atoms with Crippen LogP contribution < -0.4 is 20.2 Å². The van der Waals surface area contributed by atoms with Crippen molar-refractivity contribution in [2.75, 3.05) is 12.4 Å². The van der Waals surface area contributed by atoms with E-state index in [9.17, 15) is 9.59 Å². The minimum absolute atomic E-state index is 0.150. The fraction of sp³-hybridized carbons (Fsp3) is 0.231. The molecule has 0 fully saturated rings. The van der Waals surface area contributed by atoms with E-state index in [0.717, 1.165) is 16.3 Å². The zero-order valence-corrected chi connectivity index (χ0v) is 18.7. The highest BCUT2D eigenvalue weighted by molar-refractivity contribution is 6.16. The molecule has 1 aliphatic heterocycles. The van der Waals surface area contributed by atoms with Crippen LogP contribution in [0.1, 0.15) is 26.3 Å². The molecular weight excluding hydrogens is 404 g/mol. The number of anilines is 1. The van der Waals surface area contributed by atoms with Gasteiger partial charge in [0, 0.05) is 36.4 Å². The fourth-order valence-corrected chi connectivity index (χ4v) is 4.62. The zero-order valence-electron chi connectivity index (χ0n) is 18.7. The number of methoxy groups -OCH3 is 1. The number of rotatable bonds is 2. The highest BCUT2D eigenvalue weighted by Crippen LogP contribution is 2.42. The van der Waals surface area contributed by atoms with Gasteiger partial charge >= 0.3 is 0 Å². The van der Waals surface area contributed by atoms with E-state index in [1.54, 1.807) is 13.2 Å². The topological polar surface area (TPSA) is 69.6 Å². The summed E-state index contributed by atoms with van der Waals surface area (Å²) in [6, 6.07) is 11.4. The number of benzene rings is 3. The molecule has 0 saturated heterocycles. The lowest BCUT2D eigenvalue weighted by molar-refractivity contribution is -0.114. The van der Waals surface area contributed by atoms with Gasteiger partial charge < -0.3 is 19.4 Å². The van der Waals surface area contributed by atoms with Crippen LogP contribution in [-0.2, 0) is 11.8 Å². The number of ether oxygens (including phenoxy) is 2. The molecule has 0 unspecified atom stereocenters. The molecule has 0 spiro atoms. The Morgan fingerprint density at radius 2 is 1.88 bits per heavy atom. The minimum Gasteiger partial charge on any atom is -0.496 e. The van der Waals surface area contributed by atoms with Crippen molar-refractivity contribution < 1.29 is 14.3 Å². The largest absolute Gasteiger partial charge is 0.496 e. The van der Waals surface area contributed by atoms with Crippen molar-refractivity contribution in [2.24, 2.45) is 7.05 Å². The van der Waals surface area contributed by atoms with Gasteiger partial charge in [-0.3, -0.25) is 9.59 Å². The first kappa shape index (κ1) is 20.1. The summed E-state index contributed by atoms with van der Waals surface area (Å²) in [4.78, 5) is 26.0. The second-order valence-corrected chi connectivity index (χ2v) is 8.69. The standard InChI is InChI=1S/C26H24N2O4/c1-14(29)27-22-16-9-7-6-8-15(16)12-18-24(22)28(4)23-17-10-11-26(2,3)32-19(17)13-20(31-5)21(23)25(18)30/h6-13H,1-5H3,(H,27,29). The number of carbonyl (C=O) groups excluding carboxylic acids is 1. The number of carbonyl (C=O) groups is 1. The monoisotopic (exact) mass is 428 g/mol. The van der Waals surface area contributed by atoms with Crippen molar-refractivity contribution in [3.8, 4) is 11.5 Å². The molecule has 0 saturated carbocycles. The minimum atomic E-state index is -0.473. The van der Waals surface area contributed by atoms with Crippen LogP contribution in [-0.4, -0.2) is 23.2 Å². The first-order valence-electron chi connectivity index (χ1n) is 10.5. The molecule has 1 aromatic heterocycles. The number of hydrogen-bond donors (Lipinski definition) is 1. The number of pyridine rings is 1. The molecule has 5 rings (SSSR count). The predicted octanol–water partition coefficient (Wildman–Crippen LogP) is 5.00. The molecule has 32 heavy (non-hydrogen) atoms. The molecule has 0 atom stereocenters. The van der Waals surface area contributed by atoms with E-state index in [-0.39, 0.29) is 11.3 Å². The molecule has 0 radical (unpaired) electrons. The van der Waals surface area contributed by atoms with Crippen molar-refractivity contribution >= 4 is 50.2 Å². The number of aryl methyl sites for hydroxylation is 1. The van der Waals surface area contributed by atoms with Crippen LogP contribution in [0, 0.1) is 0 Å². The molecular formula is C26H24N2O4. The van der Waals surface area contributed by atoms with Crippen molar-refractivity contribution in [1.29, 1.82) is 0 Å². The second-order valence-electron chi connectivity index (χ2n) is 8.69. The molecule has 1 aliphatic rings. The van der Waals surface area contributed by atoms with Gasteiger partial charge in [-0.1, -0.05) is 24.3 Å². The van der Waals surface area contributed by atoms with Crippen LogP contribution >= 0.6 is 0 Å². The van der Waals surface area contributed by atoms with Crippen LogP contribution in [0.2, 0.25) is 0 Å². The van der Waals surface area contributed by atoms with Gasteiger partial charge in [-0.2, -0.15) is 0 Å². The van der Waals surface area contributed by atoms with Crippen molar-refractivity contribution in [2.45, 2.75) is 26.4 Å². The first-order chi connectivity index (χ1) is 15.2. The van der Waals surface area contributed by atoms with Crippen LogP contribution in [0.15, 0.2) is 47.3 Å². The van der Waals surface area contributed by atoms with Crippen LogP contribution in [0.25, 0.3) is 38.7 Å². The van der Waals surface area contributed by atoms with Gasteiger partial charge in [-0.15, -0.1) is 0 Å². The van der Waals surface area contributed by atoms with Crippen LogP contribution in [0.4, 0.5) is 5.69 Å². The SMILES string of the molecule is COc1cc2c(c3c1c(=O)c1cc4ccccc4c(NC(C)=O)c1n3C)C=CC(C)(C)O2. The van der Waals surface area contributed by atoms with Crippen molar-refractivity contribution in [3.63, 3.8) is 0 Å². The van der Waals surface area contributed by atoms with Crippen LogP contribution in [0.3, 0.4) is 0 Å². The van der Waals surface area contributed by atoms with E-state index >= 15 is 0 Å². The second kappa shape index (κ2) is 6.85. The van der Waals surface area contributed by atoms with Gasteiger partial charge in [0.1, 0.15) is 17.1 Å². The number of fused-ring (bicyclic) bond motifs is 5. The lowest BCUT2D eigenvalue weighted by Crippen LogP contribution is -2.28. The third kappa shape index (κ3) is 2.87. The Morgan fingerprint density at radius 1 is 1.12 bits per heavy atom. The number of amides is 1. The van der Waals surface area contributed by atoms with Crippen molar-refractivity contribution in [1.82, 2.24) is 4.57 Å². The summed E-state index contributed by atoms with van der Waals surface area (Å²) >= 11 is 0. The number of nitrogens with one attached hydrogen (secondary N) is 1. The lowest BCUT2D eigenvalue weighted by Gasteiger charge is -2.29. The Hall–Kier alpha value is -3.80. The maximum Gasteiger partial charge on any atom is 0.221 e. The molecule has 3 aromatic carbocycles. The number of nitrogens with zero attached hydrogens (tertiary/aromatic N) is 1. The molecule has 4 aromatic rings. The quantitative estimate of drug-likeness (QED) is 0.457. The molecule has 1 amide bonds. The van der Waals surface area contributed by atoms with E-state index in [4.69, 9.17) is 9.47 Å². The summed E-state index contributed by atoms with van der Waals surface area (Å²) in [7, 11) is 3.45. The summed E-state index contributed by atoms with van der Waals surface area (Å²) in [6.45, 7) is 5.42. The summed E-state index contributed by atoms with van der Waals surface area (Å²) in [5.41, 5.74) is 2.16. The molecule has 2 heterocycles. The Morgan fingerprint density at radius 3 is 2.59 bits per heavy atom. The Labute approximate surface area is 185 Å². The Kier molecular flexibility index (Phi) is 4.31. The van der Waals surface area contributed by atoms with Crippen LogP contribution in [0.5, 0.6) is 11.5 Å². The summed E-state index contributed by atoms with van der Waals surface area (Å²) in [5, 5.41) is 5.71. The van der Waals surface area contributed by atoms with Gasteiger partial charge in [0.05, 0.1) is 29.2 Å². The average molecular weight is 428 g/mol. The highest BCUT2D eigenvalue weighted by atomic mass is 16.5. The van der Waals surface area contributed by atoms with E-state index < -0.39 is 5.60 Å². The zero-order chi connectivity index (χ0) is 22.8. The summed E-state index contributed by atoms with van der Waals surface area (Å²) in [6.07, 6.45) is 3.97. The predicted molar refractivity (Wildman–Crippen MR) is 129 cm³/mol. The van der Waals surface area contributed by atoms with Gasteiger partial charge in [-0.05, 0) is 37.5 Å². The molecule has 162 valence electrons. The normalized spacial score (nSPS) is 14.4. The maximum atomic E-state index is 13.8. The third-order valence-corrected chi connectivity index (χ3v) is 5.98. The van der Waals surface area contributed by atoms with Gasteiger partial charge in [0.15, 0.2) is 0 Å². The summed E-state index contributed by atoms with van der Waals surface area (Å²) in [5.74, 6) is 0.910. The van der Waals surface area contributed by atoms with E-state index in [1.165, 1.54) is 6.92 Å². The van der Waals surface area contributed by atoms with Gasteiger partial charge in [0.25, 0.3) is 0 Å².